The van der Waals surface area contributed by atoms with Gasteiger partial charge in [0.2, 0.25) is 0 Å². The molecule has 14 heavy (non-hydrogen) atoms. The minimum absolute atomic E-state index is 0.704. The first-order valence-corrected chi connectivity index (χ1v) is 5.02. The summed E-state index contributed by atoms with van der Waals surface area (Å²) in [5.74, 6) is 0. The highest BCUT2D eigenvalue weighted by Gasteiger charge is 1.91. The molecule has 0 spiro atoms. The first-order chi connectivity index (χ1) is 6.86. The third kappa shape index (κ3) is 3.73. The van der Waals surface area contributed by atoms with Crippen LogP contribution in [0.15, 0.2) is 30.3 Å². The molecular formula is C12H18N2. The van der Waals surface area contributed by atoms with E-state index < -0.39 is 0 Å². The minimum Gasteiger partial charge on any atom is -0.330 e. The summed E-state index contributed by atoms with van der Waals surface area (Å²) in [7, 11) is 0. The normalized spacial score (nSPS) is 11.0. The zero-order chi connectivity index (χ0) is 10.2. The summed E-state index contributed by atoms with van der Waals surface area (Å²) in [4.78, 5) is 0. The van der Waals surface area contributed by atoms with Crippen molar-refractivity contribution in [2.24, 2.45) is 11.5 Å². The van der Waals surface area contributed by atoms with Crippen LogP contribution in [0.1, 0.15) is 17.5 Å². The molecular weight excluding hydrogens is 172 g/mol. The molecule has 4 N–H and O–H groups in total. The topological polar surface area (TPSA) is 52.0 Å². The van der Waals surface area contributed by atoms with Crippen LogP contribution in [-0.2, 0) is 6.42 Å². The molecule has 0 aliphatic heterocycles. The van der Waals surface area contributed by atoms with Gasteiger partial charge in [-0.15, -0.1) is 0 Å². The number of rotatable bonds is 5. The van der Waals surface area contributed by atoms with Crippen molar-refractivity contribution in [3.05, 3.63) is 41.5 Å². The molecule has 0 radical (unpaired) electrons. The second-order valence-corrected chi connectivity index (χ2v) is 3.26. The van der Waals surface area contributed by atoms with Gasteiger partial charge in [0.05, 0.1) is 0 Å². The molecule has 76 valence electrons. The standard InChI is InChI=1S/C12H18N2/c13-8-2-1-4-11-5-3-6-12(10-11)7-9-14/h1,3-6,10H,2,7-9,13-14H2. The fraction of sp³-hybridized carbons (Fsp3) is 0.333. The number of benzene rings is 1. The molecule has 2 heteroatoms. The van der Waals surface area contributed by atoms with Crippen LogP contribution in [0, 0.1) is 0 Å². The predicted molar refractivity (Wildman–Crippen MR) is 61.9 cm³/mol. The second kappa shape index (κ2) is 6.35. The molecule has 0 aliphatic carbocycles. The van der Waals surface area contributed by atoms with Crippen LogP contribution >= 0.6 is 0 Å². The van der Waals surface area contributed by atoms with E-state index >= 15 is 0 Å². The lowest BCUT2D eigenvalue weighted by Crippen LogP contribution is -2.02. The summed E-state index contributed by atoms with van der Waals surface area (Å²) in [6.07, 6.45) is 6.08. The zero-order valence-corrected chi connectivity index (χ0v) is 8.45. The molecule has 0 atom stereocenters. The van der Waals surface area contributed by atoms with Gasteiger partial charge in [-0.2, -0.15) is 0 Å². The Bertz CT molecular complexity index is 292. The van der Waals surface area contributed by atoms with Gasteiger partial charge >= 0.3 is 0 Å². The highest BCUT2D eigenvalue weighted by molar-refractivity contribution is 5.50. The highest BCUT2D eigenvalue weighted by atomic mass is 14.5. The first kappa shape index (κ1) is 11.0. The van der Waals surface area contributed by atoms with E-state index in [9.17, 15) is 0 Å². The van der Waals surface area contributed by atoms with E-state index in [0.717, 1.165) is 12.8 Å². The van der Waals surface area contributed by atoms with Crippen molar-refractivity contribution < 1.29 is 0 Å². The van der Waals surface area contributed by atoms with Gasteiger partial charge in [0.1, 0.15) is 0 Å². The Morgan fingerprint density at radius 2 is 2.00 bits per heavy atom. The Balaban J connectivity index is 2.63. The van der Waals surface area contributed by atoms with Crippen LogP contribution < -0.4 is 11.5 Å². The van der Waals surface area contributed by atoms with Gasteiger partial charge in [-0.1, -0.05) is 36.4 Å². The first-order valence-electron chi connectivity index (χ1n) is 5.02. The van der Waals surface area contributed by atoms with Crippen molar-refractivity contribution in [2.45, 2.75) is 12.8 Å². The third-order valence-corrected chi connectivity index (χ3v) is 2.03. The monoisotopic (exact) mass is 190 g/mol. The van der Waals surface area contributed by atoms with Crippen molar-refractivity contribution in [1.29, 1.82) is 0 Å². The van der Waals surface area contributed by atoms with Crippen LogP contribution in [0.5, 0.6) is 0 Å². The van der Waals surface area contributed by atoms with E-state index in [2.05, 4.69) is 36.4 Å². The molecule has 0 saturated heterocycles. The fourth-order valence-electron chi connectivity index (χ4n) is 1.33. The Morgan fingerprint density at radius 1 is 1.14 bits per heavy atom. The number of hydrogen-bond donors (Lipinski definition) is 2. The van der Waals surface area contributed by atoms with E-state index in [1.54, 1.807) is 0 Å². The fourth-order valence-corrected chi connectivity index (χ4v) is 1.33. The Morgan fingerprint density at radius 3 is 2.71 bits per heavy atom. The molecule has 2 nitrogen and oxygen atoms in total. The average molecular weight is 190 g/mol. The maximum absolute atomic E-state index is 5.50. The zero-order valence-electron chi connectivity index (χ0n) is 8.45. The van der Waals surface area contributed by atoms with Crippen LogP contribution in [-0.4, -0.2) is 13.1 Å². The summed E-state index contributed by atoms with van der Waals surface area (Å²) in [6.45, 7) is 1.41. The van der Waals surface area contributed by atoms with E-state index in [1.165, 1.54) is 11.1 Å². The Labute approximate surface area is 85.6 Å². The lowest BCUT2D eigenvalue weighted by molar-refractivity contribution is 0.968. The quantitative estimate of drug-likeness (QED) is 0.740. The molecule has 1 rings (SSSR count). The molecule has 0 bridgehead atoms. The van der Waals surface area contributed by atoms with Crippen LogP contribution in [0.2, 0.25) is 0 Å². The molecule has 0 amide bonds. The van der Waals surface area contributed by atoms with Crippen molar-refractivity contribution in [1.82, 2.24) is 0 Å². The summed E-state index contributed by atoms with van der Waals surface area (Å²) < 4.78 is 0. The highest BCUT2D eigenvalue weighted by Crippen LogP contribution is 2.07. The van der Waals surface area contributed by atoms with E-state index in [0.29, 0.717) is 13.1 Å². The number of hydrogen-bond acceptors (Lipinski definition) is 2. The Hall–Kier alpha value is -1.12. The largest absolute Gasteiger partial charge is 0.330 e. The minimum atomic E-state index is 0.704. The van der Waals surface area contributed by atoms with Crippen molar-refractivity contribution in [2.75, 3.05) is 13.1 Å². The summed E-state index contributed by atoms with van der Waals surface area (Å²) in [5, 5.41) is 0. The lowest BCUT2D eigenvalue weighted by atomic mass is 10.1. The van der Waals surface area contributed by atoms with Crippen molar-refractivity contribution >= 4 is 6.08 Å². The molecule has 0 unspecified atom stereocenters. The lowest BCUT2D eigenvalue weighted by Gasteiger charge is -1.99. The van der Waals surface area contributed by atoms with Gasteiger partial charge in [0.15, 0.2) is 0 Å². The second-order valence-electron chi connectivity index (χ2n) is 3.26. The summed E-state index contributed by atoms with van der Waals surface area (Å²) in [6, 6.07) is 8.42. The van der Waals surface area contributed by atoms with Crippen LogP contribution in [0.4, 0.5) is 0 Å². The van der Waals surface area contributed by atoms with Gasteiger partial charge in [0, 0.05) is 0 Å². The Kier molecular flexibility index (Phi) is 4.97. The number of nitrogens with two attached hydrogens (primary N) is 2. The maximum atomic E-state index is 5.50. The molecule has 1 aromatic carbocycles. The third-order valence-electron chi connectivity index (χ3n) is 2.03. The molecule has 0 aromatic heterocycles. The van der Waals surface area contributed by atoms with Crippen LogP contribution in [0.3, 0.4) is 0 Å². The SMILES string of the molecule is NCCC=Cc1cccc(CCN)c1. The average Bonchev–Trinajstić information content (AvgIpc) is 2.19. The van der Waals surface area contributed by atoms with E-state index in [-0.39, 0.29) is 0 Å². The van der Waals surface area contributed by atoms with E-state index in [1.807, 2.05) is 0 Å². The van der Waals surface area contributed by atoms with Gasteiger partial charge < -0.3 is 11.5 Å². The molecule has 1 aromatic rings. The molecule has 0 heterocycles. The maximum Gasteiger partial charge on any atom is -0.00367 e. The van der Waals surface area contributed by atoms with Gasteiger partial charge in [0.25, 0.3) is 0 Å². The summed E-state index contributed by atoms with van der Waals surface area (Å²) in [5.41, 5.74) is 13.4. The predicted octanol–water partition coefficient (Wildman–Crippen LogP) is 1.55. The van der Waals surface area contributed by atoms with Gasteiger partial charge in [-0.25, -0.2) is 0 Å². The molecule has 0 saturated carbocycles. The smallest absolute Gasteiger partial charge is 0.00367 e. The van der Waals surface area contributed by atoms with Crippen LogP contribution in [0.25, 0.3) is 6.08 Å². The molecule has 0 aliphatic rings. The van der Waals surface area contributed by atoms with E-state index in [4.69, 9.17) is 11.5 Å². The summed E-state index contributed by atoms with van der Waals surface area (Å²) >= 11 is 0. The van der Waals surface area contributed by atoms with Gasteiger partial charge in [-0.3, -0.25) is 0 Å². The van der Waals surface area contributed by atoms with Crippen molar-refractivity contribution in [3.8, 4) is 0 Å². The van der Waals surface area contributed by atoms with Gasteiger partial charge in [-0.05, 0) is 37.1 Å². The van der Waals surface area contributed by atoms with Crippen molar-refractivity contribution in [3.63, 3.8) is 0 Å². The molecule has 0 fully saturated rings.